The minimum Gasteiger partial charge on any atom is -0.344 e. The van der Waals surface area contributed by atoms with Crippen LogP contribution in [0.15, 0.2) is 66.9 Å². The predicted octanol–water partition coefficient (Wildman–Crippen LogP) is 2.19. The Labute approximate surface area is 417 Å². The monoisotopic (exact) mass is 1000 g/mol. The standard InChI is InChI=1S/C50H67N9O9S2/c1-5-31(4)42(57-44(62)34-20-21-41(60)52-34)48(66)54-35(26-30(2)3)45(63)56-38-29-70-69-28-37(43(61)51-23-22-32-14-8-6-9-15-32)55-46(64)36(27-33-16-10-7-11-17-33)53-47(65)39-18-12-24-58(39)50(68)40-19-13-25-59(40)49(38)67/h6-11,14-17,22-23,30-31,34-40,42H,5,12-13,18-21,24-29H2,1-4H3,(H,51,61)(H,52,60)(H,53,65)(H,54,66)(H,55,64)(H,56,63)(H,57,62). The molecule has 9 amide bonds. The highest BCUT2D eigenvalue weighted by atomic mass is 33.1. The van der Waals surface area contributed by atoms with Crippen molar-refractivity contribution in [2.24, 2.45) is 11.8 Å². The van der Waals surface area contributed by atoms with Crippen LogP contribution in [0.3, 0.4) is 0 Å². The molecule has 4 aliphatic heterocycles. The van der Waals surface area contributed by atoms with E-state index in [0.717, 1.165) is 11.1 Å². The number of rotatable bonds is 15. The molecule has 18 nitrogen and oxygen atoms in total. The third-order valence-electron chi connectivity index (χ3n) is 13.1. The van der Waals surface area contributed by atoms with E-state index < -0.39 is 95.6 Å². The van der Waals surface area contributed by atoms with Crippen molar-refractivity contribution >= 4 is 80.8 Å². The molecule has 2 aromatic rings. The average molecular weight is 1000 g/mol. The molecule has 4 heterocycles. The van der Waals surface area contributed by atoms with Crippen LogP contribution in [0.2, 0.25) is 0 Å². The van der Waals surface area contributed by atoms with Gasteiger partial charge in [-0.25, -0.2) is 0 Å². The molecule has 0 aromatic heterocycles. The van der Waals surface area contributed by atoms with Gasteiger partial charge in [0.05, 0.1) is 0 Å². The predicted molar refractivity (Wildman–Crippen MR) is 268 cm³/mol. The molecule has 7 N–H and O–H groups in total. The van der Waals surface area contributed by atoms with Crippen LogP contribution in [0.5, 0.6) is 0 Å². The molecule has 4 fully saturated rings. The zero-order chi connectivity index (χ0) is 50.3. The molecular formula is C50H67N9O9S2. The van der Waals surface area contributed by atoms with Crippen LogP contribution in [-0.2, 0) is 49.6 Å². The van der Waals surface area contributed by atoms with E-state index in [9.17, 15) is 43.2 Å². The number of carbonyl (C=O) groups excluding carboxylic acids is 9. The van der Waals surface area contributed by atoms with E-state index in [0.29, 0.717) is 38.5 Å². The Hall–Kier alpha value is -5.89. The third kappa shape index (κ3) is 14.6. The maximum Gasteiger partial charge on any atom is 0.247 e. The molecule has 4 saturated heterocycles. The molecule has 2 aromatic carbocycles. The summed E-state index contributed by atoms with van der Waals surface area (Å²) in [6.07, 6.45) is 6.21. The van der Waals surface area contributed by atoms with Crippen LogP contribution < -0.4 is 37.2 Å². The summed E-state index contributed by atoms with van der Waals surface area (Å²) in [6, 6.07) is 10.3. The van der Waals surface area contributed by atoms with Gasteiger partial charge in [-0.3, -0.25) is 43.2 Å². The summed E-state index contributed by atoms with van der Waals surface area (Å²) >= 11 is 0. The molecule has 9 atom stereocenters. The highest BCUT2D eigenvalue weighted by molar-refractivity contribution is 8.76. The zero-order valence-corrected chi connectivity index (χ0v) is 41.9. The van der Waals surface area contributed by atoms with Crippen LogP contribution >= 0.6 is 21.6 Å². The van der Waals surface area contributed by atoms with E-state index in [2.05, 4.69) is 37.2 Å². The Bertz CT molecular complexity index is 2240. The van der Waals surface area contributed by atoms with Gasteiger partial charge in [0.15, 0.2) is 0 Å². The van der Waals surface area contributed by atoms with Crippen LogP contribution in [0.25, 0.3) is 6.08 Å². The van der Waals surface area contributed by atoms with Gasteiger partial charge in [0.2, 0.25) is 53.2 Å². The van der Waals surface area contributed by atoms with Gasteiger partial charge in [-0.05, 0) is 67.6 Å². The second kappa shape index (κ2) is 25.8. The van der Waals surface area contributed by atoms with E-state index in [1.54, 1.807) is 13.0 Å². The second-order valence-corrected chi connectivity index (χ2v) is 21.3. The van der Waals surface area contributed by atoms with Crippen molar-refractivity contribution in [2.45, 2.75) is 134 Å². The number of carbonyl (C=O) groups is 9. The zero-order valence-electron chi connectivity index (χ0n) is 40.3. The third-order valence-corrected chi connectivity index (χ3v) is 15.5. The first-order chi connectivity index (χ1) is 33.6. The van der Waals surface area contributed by atoms with Crippen molar-refractivity contribution in [3.8, 4) is 0 Å². The Morgan fingerprint density at radius 2 is 1.39 bits per heavy atom. The largest absolute Gasteiger partial charge is 0.344 e. The first-order valence-corrected chi connectivity index (χ1v) is 26.8. The molecule has 378 valence electrons. The number of benzene rings is 2. The second-order valence-electron chi connectivity index (χ2n) is 18.8. The number of hydrogen-bond acceptors (Lipinski definition) is 11. The van der Waals surface area contributed by atoms with Gasteiger partial charge in [0, 0.05) is 43.6 Å². The van der Waals surface area contributed by atoms with Crippen LogP contribution in [-0.4, -0.2) is 136 Å². The average Bonchev–Trinajstić information content (AvgIpc) is 4.15. The fourth-order valence-electron chi connectivity index (χ4n) is 9.06. The van der Waals surface area contributed by atoms with Gasteiger partial charge in [-0.1, -0.05) is 116 Å². The quantitative estimate of drug-likeness (QED) is 0.128. The summed E-state index contributed by atoms with van der Waals surface area (Å²) < 4.78 is 0. The van der Waals surface area contributed by atoms with Gasteiger partial charge >= 0.3 is 0 Å². The Morgan fingerprint density at radius 3 is 2.04 bits per heavy atom. The summed E-state index contributed by atoms with van der Waals surface area (Å²) in [6.45, 7) is 7.93. The lowest BCUT2D eigenvalue weighted by Crippen LogP contribution is -2.61. The molecule has 70 heavy (non-hydrogen) atoms. The van der Waals surface area contributed by atoms with Crippen molar-refractivity contribution in [3.63, 3.8) is 0 Å². The molecule has 20 heteroatoms. The highest BCUT2D eigenvalue weighted by Gasteiger charge is 2.45. The summed E-state index contributed by atoms with van der Waals surface area (Å²) in [5.41, 5.74) is 1.60. The SMILES string of the molecule is CCC(C)C(NC(=O)C1CCC(=O)N1)C(=O)NC(CC(C)C)C(=O)NC1CSSCC(C(=O)NC=Cc2ccccc2)NC(=O)C(Cc2ccccc2)NC(=O)C2CCCN2C(=O)C2CCCN2C1=O. The first kappa shape index (κ1) is 53.5. The highest BCUT2D eigenvalue weighted by Crippen LogP contribution is 2.29. The summed E-state index contributed by atoms with van der Waals surface area (Å²) in [5.74, 6) is -5.00. The maximum absolute atomic E-state index is 14.8. The van der Waals surface area contributed by atoms with Gasteiger partial charge < -0.3 is 47.0 Å². The number of nitrogens with one attached hydrogen (secondary N) is 7. The number of fused-ring (bicyclic) bond motifs is 2. The minimum absolute atomic E-state index is 0.0167. The van der Waals surface area contributed by atoms with E-state index in [1.807, 2.05) is 81.4 Å². The van der Waals surface area contributed by atoms with Gasteiger partial charge in [0.1, 0.15) is 48.3 Å². The van der Waals surface area contributed by atoms with Crippen molar-refractivity contribution in [2.75, 3.05) is 24.6 Å². The molecule has 0 saturated carbocycles. The van der Waals surface area contributed by atoms with Crippen molar-refractivity contribution in [1.82, 2.24) is 47.0 Å². The van der Waals surface area contributed by atoms with Crippen LogP contribution in [0.4, 0.5) is 0 Å². The fourth-order valence-corrected chi connectivity index (χ4v) is 11.4. The van der Waals surface area contributed by atoms with Gasteiger partial charge in [0.25, 0.3) is 0 Å². The van der Waals surface area contributed by atoms with Gasteiger partial charge in [-0.15, -0.1) is 0 Å². The summed E-state index contributed by atoms with van der Waals surface area (Å²) in [7, 11) is 2.38. The lowest BCUT2D eigenvalue weighted by molar-refractivity contribution is -0.148. The Balaban J connectivity index is 1.27. The first-order valence-electron chi connectivity index (χ1n) is 24.4. The lowest BCUT2D eigenvalue weighted by Gasteiger charge is -2.33. The summed E-state index contributed by atoms with van der Waals surface area (Å²) in [4.78, 5) is 128. The molecule has 0 spiro atoms. The molecule has 6 rings (SSSR count). The molecule has 9 unspecified atom stereocenters. The number of amides is 9. The maximum atomic E-state index is 14.8. The van der Waals surface area contributed by atoms with Crippen molar-refractivity contribution < 1.29 is 43.2 Å². The molecule has 0 aliphatic carbocycles. The molecule has 0 bridgehead atoms. The van der Waals surface area contributed by atoms with E-state index in [4.69, 9.17) is 0 Å². The van der Waals surface area contributed by atoms with Crippen molar-refractivity contribution in [1.29, 1.82) is 0 Å². The van der Waals surface area contributed by atoms with E-state index in [1.165, 1.54) is 37.6 Å². The van der Waals surface area contributed by atoms with E-state index >= 15 is 0 Å². The van der Waals surface area contributed by atoms with Crippen molar-refractivity contribution in [3.05, 3.63) is 78.0 Å². The van der Waals surface area contributed by atoms with Crippen LogP contribution in [0.1, 0.15) is 90.2 Å². The minimum atomic E-state index is -1.21. The van der Waals surface area contributed by atoms with E-state index in [-0.39, 0.29) is 61.6 Å². The topological polar surface area (TPSA) is 244 Å². The molecular weight excluding hydrogens is 935 g/mol. The number of hydrogen-bond donors (Lipinski definition) is 7. The smallest absolute Gasteiger partial charge is 0.247 e. The molecule has 0 radical (unpaired) electrons. The van der Waals surface area contributed by atoms with Crippen LogP contribution in [0, 0.1) is 11.8 Å². The lowest BCUT2D eigenvalue weighted by atomic mass is 9.96. The molecule has 4 aliphatic rings. The number of nitrogens with zero attached hydrogens (tertiary/aromatic N) is 2. The van der Waals surface area contributed by atoms with Gasteiger partial charge in [-0.2, -0.15) is 0 Å². The summed E-state index contributed by atoms with van der Waals surface area (Å²) in [5, 5.41) is 19.7. The fraction of sp³-hybridized carbons (Fsp3) is 0.540. The Kier molecular flexibility index (Phi) is 19.7. The normalized spacial score (nSPS) is 24.9. The Morgan fingerprint density at radius 1 is 0.729 bits per heavy atom.